The number of rotatable bonds is 6. The van der Waals surface area contributed by atoms with E-state index in [1.165, 1.54) is 0 Å². The van der Waals surface area contributed by atoms with Gasteiger partial charge in [-0.3, -0.25) is 0 Å². The quantitative estimate of drug-likeness (QED) is 0.758. The number of hydrogen-bond acceptors (Lipinski definition) is 4. The van der Waals surface area contributed by atoms with Crippen molar-refractivity contribution in [1.29, 1.82) is 0 Å². The Morgan fingerprint density at radius 3 is 2.59 bits per heavy atom. The van der Waals surface area contributed by atoms with Crippen LogP contribution in [0.4, 0.5) is 10.5 Å². The van der Waals surface area contributed by atoms with E-state index in [9.17, 15) is 4.79 Å². The Bertz CT molecular complexity index is 597. The second-order valence-corrected chi connectivity index (χ2v) is 5.29. The Kier molecular flexibility index (Phi) is 5.35. The van der Waals surface area contributed by atoms with Crippen LogP contribution in [0.2, 0.25) is 0 Å². The molecule has 0 spiro atoms. The predicted octanol–water partition coefficient (Wildman–Crippen LogP) is 1.68. The van der Waals surface area contributed by atoms with E-state index in [-0.39, 0.29) is 18.1 Å². The minimum atomic E-state index is -0.224. The van der Waals surface area contributed by atoms with Crippen LogP contribution in [-0.2, 0) is 7.05 Å². The van der Waals surface area contributed by atoms with Crippen molar-refractivity contribution in [3.05, 3.63) is 42.5 Å². The molecule has 1 aromatic carbocycles. The summed E-state index contributed by atoms with van der Waals surface area (Å²) in [6.07, 6.45) is 1.61. The third-order valence-corrected chi connectivity index (χ3v) is 3.24. The van der Waals surface area contributed by atoms with Crippen molar-refractivity contribution < 1.29 is 4.79 Å². The van der Waals surface area contributed by atoms with E-state index in [0.717, 1.165) is 5.69 Å². The van der Waals surface area contributed by atoms with Crippen molar-refractivity contribution >= 4 is 11.7 Å². The van der Waals surface area contributed by atoms with Gasteiger partial charge in [-0.2, -0.15) is 0 Å². The number of carbonyl (C=O) groups is 1. The molecule has 2 aromatic rings. The summed E-state index contributed by atoms with van der Waals surface area (Å²) in [7, 11) is 1.85. The fraction of sp³-hybridized carbons (Fsp3) is 0.400. The lowest BCUT2D eigenvalue weighted by Gasteiger charge is -2.18. The lowest BCUT2D eigenvalue weighted by atomic mass is 10.3. The molecule has 0 bridgehead atoms. The zero-order valence-corrected chi connectivity index (χ0v) is 13.1. The number of urea groups is 1. The predicted molar refractivity (Wildman–Crippen MR) is 85.5 cm³/mol. The first-order chi connectivity index (χ1) is 10.6. The number of nitrogens with one attached hydrogen (secondary N) is 3. The third-order valence-electron chi connectivity index (χ3n) is 3.24. The molecule has 0 unspecified atom stereocenters. The molecule has 0 saturated heterocycles. The molecule has 0 saturated carbocycles. The van der Waals surface area contributed by atoms with Gasteiger partial charge in [0.25, 0.3) is 0 Å². The highest BCUT2D eigenvalue weighted by atomic mass is 16.2. The highest BCUT2D eigenvalue weighted by Crippen LogP contribution is 2.07. The number of aromatic nitrogens is 3. The molecule has 2 rings (SSSR count). The molecule has 1 aromatic heterocycles. The monoisotopic (exact) mass is 302 g/mol. The van der Waals surface area contributed by atoms with E-state index in [1.807, 2.05) is 51.2 Å². The Labute approximate surface area is 130 Å². The van der Waals surface area contributed by atoms with Crippen LogP contribution in [0.15, 0.2) is 36.7 Å². The number of nitrogens with zero attached hydrogens (tertiary/aromatic N) is 3. The van der Waals surface area contributed by atoms with Gasteiger partial charge in [0.15, 0.2) is 5.82 Å². The van der Waals surface area contributed by atoms with Crippen LogP contribution in [0.25, 0.3) is 0 Å². The average Bonchev–Trinajstić information content (AvgIpc) is 2.92. The standard InChI is InChI=1S/C15H22N6O/c1-11(9-16-13-7-5-4-6-8-13)18-15(22)19-12(2)14-20-17-10-21(14)3/h4-8,10-12,16H,9H2,1-3H3,(H2,18,19,22)/t11-,12-/m0/s1. The first-order valence-corrected chi connectivity index (χ1v) is 7.26. The van der Waals surface area contributed by atoms with Crippen LogP contribution >= 0.6 is 0 Å². The highest BCUT2D eigenvalue weighted by Gasteiger charge is 2.15. The average molecular weight is 302 g/mol. The number of amides is 2. The van der Waals surface area contributed by atoms with E-state index in [1.54, 1.807) is 10.9 Å². The van der Waals surface area contributed by atoms with Gasteiger partial charge < -0.3 is 20.5 Å². The first kappa shape index (κ1) is 15.8. The molecule has 0 radical (unpaired) electrons. The Morgan fingerprint density at radius 1 is 1.23 bits per heavy atom. The molecule has 7 nitrogen and oxygen atoms in total. The minimum absolute atomic E-state index is 0.00750. The molecule has 0 aliphatic rings. The maximum absolute atomic E-state index is 12.0. The Balaban J connectivity index is 1.75. The van der Waals surface area contributed by atoms with Crippen molar-refractivity contribution in [3.8, 4) is 0 Å². The fourth-order valence-electron chi connectivity index (χ4n) is 2.09. The normalized spacial score (nSPS) is 13.2. The summed E-state index contributed by atoms with van der Waals surface area (Å²) < 4.78 is 1.78. The molecule has 0 aliphatic carbocycles. The molecule has 22 heavy (non-hydrogen) atoms. The molecular formula is C15H22N6O. The van der Waals surface area contributed by atoms with Gasteiger partial charge in [0.1, 0.15) is 6.33 Å². The molecule has 2 atom stereocenters. The van der Waals surface area contributed by atoms with Crippen LogP contribution in [0.5, 0.6) is 0 Å². The third kappa shape index (κ3) is 4.47. The number of anilines is 1. The van der Waals surface area contributed by atoms with Gasteiger partial charge in [-0.25, -0.2) is 4.79 Å². The molecule has 0 fully saturated rings. The lowest BCUT2D eigenvalue weighted by Crippen LogP contribution is -2.44. The zero-order chi connectivity index (χ0) is 15.9. The second kappa shape index (κ2) is 7.44. The van der Waals surface area contributed by atoms with Gasteiger partial charge in [-0.15, -0.1) is 10.2 Å². The van der Waals surface area contributed by atoms with Gasteiger partial charge in [-0.1, -0.05) is 18.2 Å². The van der Waals surface area contributed by atoms with Crippen molar-refractivity contribution in [2.75, 3.05) is 11.9 Å². The van der Waals surface area contributed by atoms with E-state index < -0.39 is 0 Å². The summed E-state index contributed by atoms with van der Waals surface area (Å²) in [5, 5.41) is 16.8. The summed E-state index contributed by atoms with van der Waals surface area (Å²) in [4.78, 5) is 12.0. The molecule has 1 heterocycles. The summed E-state index contributed by atoms with van der Waals surface area (Å²) in [5.74, 6) is 0.713. The number of carbonyl (C=O) groups excluding carboxylic acids is 1. The maximum Gasteiger partial charge on any atom is 0.315 e. The number of aryl methyl sites for hydroxylation is 1. The van der Waals surface area contributed by atoms with Crippen LogP contribution in [-0.4, -0.2) is 33.4 Å². The molecule has 3 N–H and O–H groups in total. The van der Waals surface area contributed by atoms with Crippen molar-refractivity contribution in [2.45, 2.75) is 25.9 Å². The van der Waals surface area contributed by atoms with Crippen molar-refractivity contribution in [3.63, 3.8) is 0 Å². The van der Waals surface area contributed by atoms with Crippen molar-refractivity contribution in [1.82, 2.24) is 25.4 Å². The van der Waals surface area contributed by atoms with E-state index in [2.05, 4.69) is 26.1 Å². The zero-order valence-electron chi connectivity index (χ0n) is 13.1. The van der Waals surface area contributed by atoms with Crippen LogP contribution in [0.3, 0.4) is 0 Å². The van der Waals surface area contributed by atoms with Gasteiger partial charge in [0.2, 0.25) is 0 Å². The van der Waals surface area contributed by atoms with Crippen LogP contribution in [0, 0.1) is 0 Å². The van der Waals surface area contributed by atoms with E-state index in [0.29, 0.717) is 12.4 Å². The highest BCUT2D eigenvalue weighted by molar-refractivity contribution is 5.74. The molecule has 0 aliphatic heterocycles. The Morgan fingerprint density at radius 2 is 1.95 bits per heavy atom. The molecule has 2 amide bonds. The summed E-state index contributed by atoms with van der Waals surface area (Å²) in [5.41, 5.74) is 1.03. The lowest BCUT2D eigenvalue weighted by molar-refractivity contribution is 0.234. The molecule has 7 heteroatoms. The summed E-state index contributed by atoms with van der Waals surface area (Å²) >= 11 is 0. The van der Waals surface area contributed by atoms with Crippen LogP contribution in [0.1, 0.15) is 25.7 Å². The summed E-state index contributed by atoms with van der Waals surface area (Å²) in [6, 6.07) is 9.44. The first-order valence-electron chi connectivity index (χ1n) is 7.26. The second-order valence-electron chi connectivity index (χ2n) is 5.29. The van der Waals surface area contributed by atoms with E-state index >= 15 is 0 Å². The number of benzene rings is 1. The van der Waals surface area contributed by atoms with Crippen molar-refractivity contribution in [2.24, 2.45) is 7.05 Å². The van der Waals surface area contributed by atoms with Gasteiger partial charge in [0, 0.05) is 25.3 Å². The Hall–Kier alpha value is -2.57. The topological polar surface area (TPSA) is 83.9 Å². The maximum atomic E-state index is 12.0. The molecular weight excluding hydrogens is 280 g/mol. The smallest absolute Gasteiger partial charge is 0.315 e. The summed E-state index contributed by atoms with van der Waals surface area (Å²) in [6.45, 7) is 4.47. The number of hydrogen-bond donors (Lipinski definition) is 3. The van der Waals surface area contributed by atoms with E-state index in [4.69, 9.17) is 0 Å². The SMILES string of the molecule is C[C@H](NC(=O)N[C@@H](C)CNc1ccccc1)c1nncn1C. The largest absolute Gasteiger partial charge is 0.383 e. The van der Waals surface area contributed by atoms with Crippen LogP contribution < -0.4 is 16.0 Å². The number of para-hydroxylation sites is 1. The molecule has 118 valence electrons. The minimum Gasteiger partial charge on any atom is -0.383 e. The fourth-order valence-corrected chi connectivity index (χ4v) is 2.09. The van der Waals surface area contributed by atoms with Gasteiger partial charge >= 0.3 is 6.03 Å². The van der Waals surface area contributed by atoms with Gasteiger partial charge in [0.05, 0.1) is 6.04 Å². The van der Waals surface area contributed by atoms with Gasteiger partial charge in [-0.05, 0) is 26.0 Å².